The van der Waals surface area contributed by atoms with Gasteiger partial charge in [0.2, 0.25) is 15.9 Å². The summed E-state index contributed by atoms with van der Waals surface area (Å²) in [5, 5.41) is 1.15. The minimum Gasteiger partial charge on any atom is -0.312 e. The van der Waals surface area contributed by atoms with Crippen molar-refractivity contribution in [2.45, 2.75) is 39.7 Å². The summed E-state index contributed by atoms with van der Waals surface area (Å²) in [7, 11) is -3.37. The van der Waals surface area contributed by atoms with Crippen molar-refractivity contribution in [3.05, 3.63) is 40.8 Å². The van der Waals surface area contributed by atoms with E-state index in [1.807, 2.05) is 30.0 Å². The zero-order valence-electron chi connectivity index (χ0n) is 13.0. The molecular formula is C16H22N2O3S. The molecule has 0 aromatic heterocycles. The van der Waals surface area contributed by atoms with Crippen molar-refractivity contribution in [3.8, 4) is 0 Å². The third kappa shape index (κ3) is 3.96. The molecule has 0 unspecified atom stereocenters. The fourth-order valence-electron chi connectivity index (χ4n) is 2.60. The highest BCUT2D eigenvalue weighted by atomic mass is 32.2. The smallest absolute Gasteiger partial charge is 0.233 e. The number of fused-ring (bicyclic) bond motifs is 1. The van der Waals surface area contributed by atoms with Gasteiger partial charge in [0.1, 0.15) is 0 Å². The Bertz CT molecular complexity index is 681. The van der Waals surface area contributed by atoms with Crippen molar-refractivity contribution in [2.75, 3.05) is 11.4 Å². The summed E-state index contributed by atoms with van der Waals surface area (Å²) in [4.78, 5) is 13.8. The van der Waals surface area contributed by atoms with Gasteiger partial charge in [-0.15, -0.1) is 0 Å². The lowest BCUT2D eigenvalue weighted by molar-refractivity contribution is -0.118. The molecule has 0 bridgehead atoms. The molecule has 1 amide bonds. The van der Waals surface area contributed by atoms with Gasteiger partial charge in [0.25, 0.3) is 0 Å². The van der Waals surface area contributed by atoms with Gasteiger partial charge in [0.15, 0.2) is 0 Å². The van der Waals surface area contributed by atoms with Gasteiger partial charge in [-0.2, -0.15) is 0 Å². The lowest BCUT2D eigenvalue weighted by Crippen LogP contribution is -2.35. The number of nitrogens with zero attached hydrogens (tertiary/aromatic N) is 1. The third-order valence-corrected chi connectivity index (χ3v) is 4.76. The van der Waals surface area contributed by atoms with E-state index >= 15 is 0 Å². The van der Waals surface area contributed by atoms with E-state index in [2.05, 4.69) is 4.72 Å². The molecule has 1 heterocycles. The third-order valence-electron chi connectivity index (χ3n) is 3.58. The fourth-order valence-corrected chi connectivity index (χ4v) is 3.43. The van der Waals surface area contributed by atoms with Gasteiger partial charge in [-0.1, -0.05) is 25.1 Å². The Balaban J connectivity index is 2.17. The quantitative estimate of drug-likeness (QED) is 0.874. The minimum atomic E-state index is -3.37. The van der Waals surface area contributed by atoms with E-state index in [0.29, 0.717) is 12.8 Å². The molecule has 1 N–H and O–H groups in total. The maximum absolute atomic E-state index is 12.0. The lowest BCUT2D eigenvalue weighted by Gasteiger charge is -2.29. The molecule has 1 aromatic carbocycles. The summed E-state index contributed by atoms with van der Waals surface area (Å²) in [6.45, 7) is 4.68. The van der Waals surface area contributed by atoms with Crippen LogP contribution in [0.25, 0.3) is 0 Å². The van der Waals surface area contributed by atoms with E-state index in [1.54, 1.807) is 6.92 Å². The molecule has 0 saturated heterocycles. The van der Waals surface area contributed by atoms with Crippen LogP contribution < -0.4 is 9.62 Å². The Morgan fingerprint density at radius 1 is 1.32 bits per heavy atom. The highest BCUT2D eigenvalue weighted by molar-refractivity contribution is 7.92. The number of hydrogen-bond donors (Lipinski definition) is 1. The van der Waals surface area contributed by atoms with Gasteiger partial charge in [-0.25, -0.2) is 13.1 Å². The van der Waals surface area contributed by atoms with E-state index in [4.69, 9.17) is 0 Å². The standard InChI is InChI=1S/C16H22N2O3S/c1-3-9-18-15-7-5-13(11-14(15)6-8-16(18)19)12-17-22(20,21)10-4-2/h4-5,7,10-11,17H,3,6,8-9,12H2,1-2H3. The van der Waals surface area contributed by atoms with E-state index in [-0.39, 0.29) is 12.5 Å². The Hall–Kier alpha value is -1.66. The Morgan fingerprint density at radius 2 is 2.09 bits per heavy atom. The molecule has 2 rings (SSSR count). The molecule has 22 heavy (non-hydrogen) atoms. The molecule has 120 valence electrons. The first-order valence-corrected chi connectivity index (χ1v) is 9.06. The van der Waals surface area contributed by atoms with Gasteiger partial charge in [0, 0.05) is 30.6 Å². The van der Waals surface area contributed by atoms with Crippen LogP contribution >= 0.6 is 0 Å². The summed E-state index contributed by atoms with van der Waals surface area (Å²) < 4.78 is 25.8. The molecule has 1 aromatic rings. The summed E-state index contributed by atoms with van der Waals surface area (Å²) >= 11 is 0. The van der Waals surface area contributed by atoms with E-state index in [0.717, 1.165) is 35.2 Å². The van der Waals surface area contributed by atoms with Gasteiger partial charge < -0.3 is 4.90 Å². The SMILES string of the molecule is CC=CS(=O)(=O)NCc1ccc2c(c1)CCC(=O)N2CCC. The predicted molar refractivity (Wildman–Crippen MR) is 88.0 cm³/mol. The Morgan fingerprint density at radius 3 is 2.77 bits per heavy atom. The first-order valence-electron chi connectivity index (χ1n) is 7.51. The van der Waals surface area contributed by atoms with Crippen LogP contribution in [0.15, 0.2) is 29.7 Å². The number of rotatable bonds is 6. The topological polar surface area (TPSA) is 66.5 Å². The van der Waals surface area contributed by atoms with Crippen molar-refractivity contribution < 1.29 is 13.2 Å². The average molecular weight is 322 g/mol. The first kappa shape index (κ1) is 16.7. The van der Waals surface area contributed by atoms with Crippen molar-refractivity contribution in [3.63, 3.8) is 0 Å². The summed E-state index contributed by atoms with van der Waals surface area (Å²) in [5.74, 6) is 0.163. The molecule has 5 nitrogen and oxygen atoms in total. The van der Waals surface area contributed by atoms with Crippen LogP contribution in [0.4, 0.5) is 5.69 Å². The minimum absolute atomic E-state index is 0.163. The summed E-state index contributed by atoms with van der Waals surface area (Å²) in [5.41, 5.74) is 2.96. The Kier molecular flexibility index (Phi) is 5.37. The monoisotopic (exact) mass is 322 g/mol. The number of aryl methyl sites for hydroxylation is 1. The molecule has 0 fully saturated rings. The van der Waals surface area contributed by atoms with E-state index in [1.165, 1.54) is 6.08 Å². The lowest BCUT2D eigenvalue weighted by atomic mass is 9.98. The zero-order valence-corrected chi connectivity index (χ0v) is 13.8. The second-order valence-corrected chi connectivity index (χ2v) is 6.99. The van der Waals surface area contributed by atoms with Crippen molar-refractivity contribution in [2.24, 2.45) is 0 Å². The van der Waals surface area contributed by atoms with Gasteiger partial charge in [-0.05, 0) is 37.0 Å². The van der Waals surface area contributed by atoms with Crippen molar-refractivity contribution in [1.82, 2.24) is 4.72 Å². The average Bonchev–Trinajstić information content (AvgIpc) is 2.48. The molecule has 1 aliphatic heterocycles. The maximum atomic E-state index is 12.0. The molecule has 0 radical (unpaired) electrons. The highest BCUT2D eigenvalue weighted by Crippen LogP contribution is 2.29. The van der Waals surface area contributed by atoms with Gasteiger partial charge in [-0.3, -0.25) is 4.79 Å². The largest absolute Gasteiger partial charge is 0.312 e. The first-order chi connectivity index (χ1) is 10.5. The van der Waals surface area contributed by atoms with Crippen LogP contribution in [0.1, 0.15) is 37.8 Å². The summed E-state index contributed by atoms with van der Waals surface area (Å²) in [6.07, 6.45) is 3.63. The zero-order chi connectivity index (χ0) is 16.2. The molecule has 0 spiro atoms. The number of anilines is 1. The number of nitrogens with one attached hydrogen (secondary N) is 1. The van der Waals surface area contributed by atoms with Crippen LogP contribution in [0.2, 0.25) is 0 Å². The molecule has 0 aliphatic carbocycles. The molecular weight excluding hydrogens is 300 g/mol. The van der Waals surface area contributed by atoms with Crippen molar-refractivity contribution >= 4 is 21.6 Å². The number of allylic oxidation sites excluding steroid dienone is 1. The van der Waals surface area contributed by atoms with E-state index < -0.39 is 10.0 Å². The number of benzene rings is 1. The molecule has 0 saturated carbocycles. The molecule has 6 heteroatoms. The van der Waals surface area contributed by atoms with Gasteiger partial charge in [0.05, 0.1) is 0 Å². The fraction of sp³-hybridized carbons (Fsp3) is 0.438. The highest BCUT2D eigenvalue weighted by Gasteiger charge is 2.23. The van der Waals surface area contributed by atoms with Gasteiger partial charge >= 0.3 is 0 Å². The number of carbonyl (C=O) groups excluding carboxylic acids is 1. The number of amides is 1. The predicted octanol–water partition coefficient (Wildman–Crippen LogP) is 2.33. The van der Waals surface area contributed by atoms with Crippen LogP contribution in [-0.4, -0.2) is 20.9 Å². The van der Waals surface area contributed by atoms with E-state index in [9.17, 15) is 13.2 Å². The van der Waals surface area contributed by atoms with Crippen LogP contribution in [0, 0.1) is 0 Å². The van der Waals surface area contributed by atoms with Crippen LogP contribution in [0.3, 0.4) is 0 Å². The normalized spacial score (nSPS) is 15.4. The second-order valence-electron chi connectivity index (χ2n) is 5.34. The number of hydrogen-bond acceptors (Lipinski definition) is 3. The summed E-state index contributed by atoms with van der Waals surface area (Å²) in [6, 6.07) is 5.78. The number of carbonyl (C=O) groups is 1. The molecule has 0 atom stereocenters. The van der Waals surface area contributed by atoms with Crippen molar-refractivity contribution in [1.29, 1.82) is 0 Å². The molecule has 1 aliphatic rings. The maximum Gasteiger partial charge on any atom is 0.233 e. The second kappa shape index (κ2) is 7.07. The van der Waals surface area contributed by atoms with Crippen LogP contribution in [0.5, 0.6) is 0 Å². The Labute approximate surface area is 132 Å². The van der Waals surface area contributed by atoms with Crippen LogP contribution in [-0.2, 0) is 27.8 Å². The number of sulfonamides is 1.